The predicted molar refractivity (Wildman–Crippen MR) is 161 cm³/mol. The summed E-state index contributed by atoms with van der Waals surface area (Å²) < 4.78 is 44.7. The molecule has 1 aromatic rings. The number of aldehydes is 1. The van der Waals surface area contributed by atoms with Crippen LogP contribution < -0.4 is 16.7 Å². The summed E-state index contributed by atoms with van der Waals surface area (Å²) in [5, 5.41) is 64.3. The third kappa shape index (κ3) is 10.7. The molecule has 0 aromatic carbocycles. The summed E-state index contributed by atoms with van der Waals surface area (Å²) >= 11 is 1.17. The minimum absolute atomic E-state index is 0.119. The van der Waals surface area contributed by atoms with E-state index in [4.69, 9.17) is 33.7 Å². The van der Waals surface area contributed by atoms with E-state index in [0.29, 0.717) is 25.6 Å². The first-order valence-electron chi connectivity index (χ1n) is 14.4. The van der Waals surface area contributed by atoms with Gasteiger partial charge in [0.1, 0.15) is 42.4 Å². The first kappa shape index (κ1) is 40.3. The Labute approximate surface area is 277 Å². The number of amides is 1. The number of nitrogens with zero attached hydrogens (tertiary/aromatic N) is 2. The minimum atomic E-state index is -5.38. The van der Waals surface area contributed by atoms with E-state index < -0.39 is 99.8 Å². The molecule has 2 fully saturated rings. The van der Waals surface area contributed by atoms with Crippen LogP contribution in [0.15, 0.2) is 17.1 Å². The van der Waals surface area contributed by atoms with Gasteiger partial charge in [-0.15, -0.1) is 11.8 Å². The SMILES string of the molecule is COCCOCCSCC(=O)N[C@H]1C([C@H](O)[C@H](O)CO)OC(C=O)(OP(=O)(O)OCC2OC(n3ccc(N)nc3=O)[C@H](O)[C@@H]2O)C[C@H]1O. The van der Waals surface area contributed by atoms with Crippen LogP contribution in [0.25, 0.3) is 0 Å². The first-order chi connectivity index (χ1) is 22.7. The third-order valence-corrected chi connectivity index (χ3v) is 9.13. The van der Waals surface area contributed by atoms with Gasteiger partial charge in [0, 0.05) is 25.5 Å². The van der Waals surface area contributed by atoms with Gasteiger partial charge in [0.05, 0.1) is 50.9 Å². The second-order valence-corrected chi connectivity index (χ2v) is 13.2. The number of anilines is 1. The van der Waals surface area contributed by atoms with Crippen molar-refractivity contribution in [2.24, 2.45) is 0 Å². The number of carbonyl (C=O) groups excluding carboxylic acids is 2. The Bertz CT molecular complexity index is 1310. The summed E-state index contributed by atoms with van der Waals surface area (Å²) in [6.45, 7) is -0.884. The highest BCUT2D eigenvalue weighted by Gasteiger charge is 2.55. The Morgan fingerprint density at radius 3 is 2.67 bits per heavy atom. The third-order valence-electron chi connectivity index (χ3n) is 7.19. The van der Waals surface area contributed by atoms with Crippen LogP contribution in [-0.4, -0.2) is 163 Å². The van der Waals surface area contributed by atoms with Gasteiger partial charge in [-0.05, 0) is 6.07 Å². The second kappa shape index (κ2) is 18.2. The Morgan fingerprint density at radius 1 is 1.29 bits per heavy atom. The molecule has 274 valence electrons. The molecule has 3 rings (SSSR count). The molecule has 0 radical (unpaired) electrons. The van der Waals surface area contributed by atoms with Gasteiger partial charge < -0.3 is 65.5 Å². The number of nitrogens with two attached hydrogens (primary N) is 1. The summed E-state index contributed by atoms with van der Waals surface area (Å²) in [7, 11) is -3.86. The lowest BCUT2D eigenvalue weighted by atomic mass is 9.89. The number of aliphatic hydroxyl groups is 6. The Hall–Kier alpha value is -2.12. The number of nitrogen functional groups attached to an aromatic ring is 1. The lowest BCUT2D eigenvalue weighted by molar-refractivity contribution is -0.274. The van der Waals surface area contributed by atoms with E-state index in [1.807, 2.05) is 0 Å². The van der Waals surface area contributed by atoms with Crippen molar-refractivity contribution in [3.05, 3.63) is 22.7 Å². The summed E-state index contributed by atoms with van der Waals surface area (Å²) in [6, 6.07) is -0.281. The van der Waals surface area contributed by atoms with Crippen LogP contribution in [0.4, 0.5) is 5.82 Å². The molecular formula is C25H41N4O17PS. The molecule has 1 aromatic heterocycles. The highest BCUT2D eigenvalue weighted by molar-refractivity contribution is 7.99. The van der Waals surface area contributed by atoms with Crippen molar-refractivity contribution >= 4 is 37.6 Å². The number of methoxy groups -OCH3 is 1. The van der Waals surface area contributed by atoms with Crippen molar-refractivity contribution in [3.8, 4) is 0 Å². The fourth-order valence-electron chi connectivity index (χ4n) is 4.79. The van der Waals surface area contributed by atoms with Crippen molar-refractivity contribution in [1.29, 1.82) is 0 Å². The maximum atomic E-state index is 13.0. The van der Waals surface area contributed by atoms with Crippen LogP contribution in [0.5, 0.6) is 0 Å². The summed E-state index contributed by atoms with van der Waals surface area (Å²) in [4.78, 5) is 51.0. The largest absolute Gasteiger partial charge is 0.475 e. The number of aliphatic hydroxyl groups excluding tert-OH is 6. The minimum Gasteiger partial charge on any atom is -0.394 e. The summed E-state index contributed by atoms with van der Waals surface area (Å²) in [5.41, 5.74) is 4.52. The molecule has 0 saturated carbocycles. The number of hydrogen-bond donors (Lipinski definition) is 9. The van der Waals surface area contributed by atoms with Crippen molar-refractivity contribution in [2.75, 3.05) is 57.4 Å². The highest BCUT2D eigenvalue weighted by Crippen LogP contribution is 2.50. The van der Waals surface area contributed by atoms with Crippen LogP contribution >= 0.6 is 19.6 Å². The lowest BCUT2D eigenvalue weighted by Gasteiger charge is -2.46. The zero-order valence-electron chi connectivity index (χ0n) is 25.6. The van der Waals surface area contributed by atoms with Gasteiger partial charge >= 0.3 is 13.5 Å². The first-order valence-corrected chi connectivity index (χ1v) is 17.1. The standard InChI is InChI=1S/C25H41N4O17PS/c1-41-4-5-42-6-7-48-11-17(34)28-18-13(32)8-25(12-31,45-22(18)19(35)14(33)9-30)46-47(39,40)43-10-15-20(36)21(37)23(44-15)29-3-2-16(26)27-24(29)38/h2-3,12-15,18-23,30,32-33,35-37H,4-11H2,1H3,(H,28,34)(H,39,40)(H2,26,27,38)/t13-,14-,15?,18-,19-,20-,21-,22?,23?,25?/m1/s1. The van der Waals surface area contributed by atoms with Gasteiger partial charge in [0.2, 0.25) is 11.7 Å². The number of aromatic nitrogens is 2. The highest BCUT2D eigenvalue weighted by atomic mass is 32.2. The monoisotopic (exact) mass is 732 g/mol. The molecule has 1 amide bonds. The molecule has 3 heterocycles. The molecule has 10 N–H and O–H groups in total. The number of thioether (sulfide) groups is 1. The van der Waals surface area contributed by atoms with E-state index in [1.54, 1.807) is 0 Å². The van der Waals surface area contributed by atoms with Crippen molar-refractivity contribution < 1.29 is 77.7 Å². The average Bonchev–Trinajstić information content (AvgIpc) is 3.32. The van der Waals surface area contributed by atoms with E-state index in [0.717, 1.165) is 10.8 Å². The zero-order chi connectivity index (χ0) is 35.6. The molecule has 0 aliphatic carbocycles. The van der Waals surface area contributed by atoms with Crippen LogP contribution in [0.3, 0.4) is 0 Å². The predicted octanol–water partition coefficient (Wildman–Crippen LogP) is -4.78. The maximum Gasteiger partial charge on any atom is 0.475 e. The lowest BCUT2D eigenvalue weighted by Crippen LogP contribution is -2.66. The van der Waals surface area contributed by atoms with Gasteiger partial charge in [0.15, 0.2) is 12.5 Å². The molecule has 11 atom stereocenters. The second-order valence-electron chi connectivity index (χ2n) is 10.7. The van der Waals surface area contributed by atoms with E-state index in [9.17, 15) is 54.5 Å². The van der Waals surface area contributed by atoms with E-state index in [1.165, 1.54) is 24.9 Å². The molecular weight excluding hydrogens is 691 g/mol. The van der Waals surface area contributed by atoms with E-state index in [-0.39, 0.29) is 17.9 Å². The summed E-state index contributed by atoms with van der Waals surface area (Å²) in [5.74, 6) is -3.29. The number of ether oxygens (including phenoxy) is 4. The molecule has 2 aliphatic rings. The van der Waals surface area contributed by atoms with Gasteiger partial charge in [-0.25, -0.2) is 13.9 Å². The number of phosphoric acid groups is 1. The van der Waals surface area contributed by atoms with Crippen LogP contribution in [0.1, 0.15) is 12.6 Å². The number of phosphoric ester groups is 1. The molecule has 2 aliphatic heterocycles. The molecule has 21 nitrogen and oxygen atoms in total. The Kier molecular flexibility index (Phi) is 15.3. The van der Waals surface area contributed by atoms with Crippen molar-refractivity contribution in [3.63, 3.8) is 0 Å². The Balaban J connectivity index is 1.67. The summed E-state index contributed by atoms with van der Waals surface area (Å²) in [6.07, 6.45) is -14.0. The molecule has 2 saturated heterocycles. The van der Waals surface area contributed by atoms with Gasteiger partial charge in [-0.1, -0.05) is 0 Å². The molecule has 0 bridgehead atoms. The maximum absolute atomic E-state index is 13.0. The molecule has 23 heteroatoms. The van der Waals surface area contributed by atoms with Crippen molar-refractivity contribution in [2.45, 2.75) is 67.2 Å². The number of rotatable bonds is 19. The van der Waals surface area contributed by atoms with Crippen LogP contribution in [0.2, 0.25) is 0 Å². The van der Waals surface area contributed by atoms with Crippen LogP contribution in [-0.2, 0) is 42.1 Å². The fourth-order valence-corrected chi connectivity index (χ4v) is 6.38. The normalized spacial score (nSPS) is 31.5. The Morgan fingerprint density at radius 2 is 2.02 bits per heavy atom. The van der Waals surface area contributed by atoms with Gasteiger partial charge in [-0.2, -0.15) is 4.98 Å². The number of hydrogen-bond acceptors (Lipinski definition) is 19. The zero-order valence-corrected chi connectivity index (χ0v) is 27.3. The number of carbonyl (C=O) groups is 2. The van der Waals surface area contributed by atoms with E-state index in [2.05, 4.69) is 10.3 Å². The smallest absolute Gasteiger partial charge is 0.394 e. The topological polar surface area (TPSA) is 321 Å². The molecule has 0 spiro atoms. The van der Waals surface area contributed by atoms with Gasteiger partial charge in [0.25, 0.3) is 0 Å². The number of nitrogens with one attached hydrogen (secondary N) is 1. The molecule has 5 unspecified atom stereocenters. The molecule has 48 heavy (non-hydrogen) atoms. The fraction of sp³-hybridized carbons (Fsp3) is 0.760. The van der Waals surface area contributed by atoms with Crippen molar-refractivity contribution in [1.82, 2.24) is 14.9 Å². The van der Waals surface area contributed by atoms with Gasteiger partial charge in [-0.3, -0.25) is 18.7 Å². The quantitative estimate of drug-likeness (QED) is 0.0366. The van der Waals surface area contributed by atoms with Crippen LogP contribution in [0, 0.1) is 0 Å². The average molecular weight is 733 g/mol. The van der Waals surface area contributed by atoms with E-state index >= 15 is 0 Å².